The van der Waals surface area contributed by atoms with Crippen molar-refractivity contribution in [3.8, 4) is 0 Å². The molecule has 78 valence electrons. The molecule has 0 unspecified atom stereocenters. The normalized spacial score (nSPS) is 12.0. The molecule has 2 aromatic rings. The van der Waals surface area contributed by atoms with Crippen molar-refractivity contribution in [3.05, 3.63) is 41.7 Å². The van der Waals surface area contributed by atoms with E-state index in [0.29, 0.717) is 0 Å². The fourth-order valence-electron chi connectivity index (χ4n) is 1.80. The Labute approximate surface area is 91.2 Å². The highest BCUT2D eigenvalue weighted by atomic mass is 14.7. The number of pyridine rings is 1. The first-order chi connectivity index (χ1) is 6.98. The van der Waals surface area contributed by atoms with Gasteiger partial charge in [0.25, 0.3) is 0 Å². The third kappa shape index (κ3) is 1.87. The highest BCUT2D eigenvalue weighted by molar-refractivity contribution is 5.85. The SMILES string of the molecule is Cc1nccc2cc(C(C)(C)C)ccc12. The van der Waals surface area contributed by atoms with Gasteiger partial charge < -0.3 is 0 Å². The van der Waals surface area contributed by atoms with Gasteiger partial charge in [0, 0.05) is 17.3 Å². The second kappa shape index (κ2) is 3.34. The van der Waals surface area contributed by atoms with E-state index < -0.39 is 0 Å². The summed E-state index contributed by atoms with van der Waals surface area (Å²) in [5, 5.41) is 2.54. The van der Waals surface area contributed by atoms with E-state index in [2.05, 4.69) is 56.9 Å². The first kappa shape index (κ1) is 10.2. The van der Waals surface area contributed by atoms with Crippen molar-refractivity contribution in [1.82, 2.24) is 4.98 Å². The number of aromatic nitrogens is 1. The summed E-state index contributed by atoms with van der Waals surface area (Å²) in [6.07, 6.45) is 1.88. The zero-order valence-electron chi connectivity index (χ0n) is 9.83. The predicted molar refractivity (Wildman–Crippen MR) is 65.2 cm³/mol. The molecule has 0 spiro atoms. The van der Waals surface area contributed by atoms with Gasteiger partial charge in [-0.3, -0.25) is 4.98 Å². The quantitative estimate of drug-likeness (QED) is 0.628. The van der Waals surface area contributed by atoms with E-state index in [0.717, 1.165) is 5.69 Å². The monoisotopic (exact) mass is 199 g/mol. The average Bonchev–Trinajstić information content (AvgIpc) is 2.16. The summed E-state index contributed by atoms with van der Waals surface area (Å²) in [5.74, 6) is 0. The highest BCUT2D eigenvalue weighted by Gasteiger charge is 2.13. The molecular formula is C14H17N. The number of benzene rings is 1. The van der Waals surface area contributed by atoms with Gasteiger partial charge in [-0.25, -0.2) is 0 Å². The summed E-state index contributed by atoms with van der Waals surface area (Å²) in [6, 6.07) is 8.73. The van der Waals surface area contributed by atoms with Crippen molar-refractivity contribution in [2.45, 2.75) is 33.1 Å². The van der Waals surface area contributed by atoms with Crippen molar-refractivity contribution < 1.29 is 0 Å². The molecule has 1 nitrogen and oxygen atoms in total. The Morgan fingerprint density at radius 2 is 1.80 bits per heavy atom. The van der Waals surface area contributed by atoms with Gasteiger partial charge in [0.1, 0.15) is 0 Å². The van der Waals surface area contributed by atoms with E-state index in [1.54, 1.807) is 0 Å². The maximum absolute atomic E-state index is 4.30. The molecule has 0 amide bonds. The van der Waals surface area contributed by atoms with Crippen molar-refractivity contribution >= 4 is 10.8 Å². The second-order valence-corrected chi connectivity index (χ2v) is 5.08. The van der Waals surface area contributed by atoms with E-state index in [-0.39, 0.29) is 5.41 Å². The molecule has 0 saturated heterocycles. The number of hydrogen-bond donors (Lipinski definition) is 0. The third-order valence-corrected chi connectivity index (χ3v) is 2.83. The van der Waals surface area contributed by atoms with Crippen LogP contribution in [0.15, 0.2) is 30.5 Å². The molecule has 1 aromatic carbocycles. The predicted octanol–water partition coefficient (Wildman–Crippen LogP) is 3.84. The topological polar surface area (TPSA) is 12.9 Å². The Kier molecular flexibility index (Phi) is 2.26. The summed E-state index contributed by atoms with van der Waals surface area (Å²) in [6.45, 7) is 8.77. The molecule has 0 radical (unpaired) electrons. The van der Waals surface area contributed by atoms with Crippen LogP contribution in [-0.2, 0) is 5.41 Å². The first-order valence-electron chi connectivity index (χ1n) is 5.34. The number of fused-ring (bicyclic) bond motifs is 1. The zero-order chi connectivity index (χ0) is 11.1. The molecule has 0 aliphatic carbocycles. The molecule has 0 aliphatic rings. The molecular weight excluding hydrogens is 182 g/mol. The van der Waals surface area contributed by atoms with E-state index in [9.17, 15) is 0 Å². The molecule has 0 bridgehead atoms. The van der Waals surface area contributed by atoms with Crippen LogP contribution in [0.1, 0.15) is 32.0 Å². The minimum absolute atomic E-state index is 0.214. The molecule has 1 heterocycles. The van der Waals surface area contributed by atoms with Crippen LogP contribution in [0.25, 0.3) is 10.8 Å². The molecule has 0 atom stereocenters. The fraction of sp³-hybridized carbons (Fsp3) is 0.357. The van der Waals surface area contributed by atoms with Gasteiger partial charge in [0.2, 0.25) is 0 Å². The molecule has 1 aromatic heterocycles. The maximum atomic E-state index is 4.30. The minimum atomic E-state index is 0.214. The molecule has 0 fully saturated rings. The molecule has 15 heavy (non-hydrogen) atoms. The number of nitrogens with zero attached hydrogens (tertiary/aromatic N) is 1. The van der Waals surface area contributed by atoms with Crippen molar-refractivity contribution in [2.75, 3.05) is 0 Å². The van der Waals surface area contributed by atoms with Gasteiger partial charge in [0.15, 0.2) is 0 Å². The smallest absolute Gasteiger partial charge is 0.0450 e. The van der Waals surface area contributed by atoms with Crippen LogP contribution in [0.2, 0.25) is 0 Å². The fourth-order valence-corrected chi connectivity index (χ4v) is 1.80. The molecule has 0 N–H and O–H groups in total. The summed E-state index contributed by atoms with van der Waals surface area (Å²) in [7, 11) is 0. The Morgan fingerprint density at radius 1 is 1.07 bits per heavy atom. The second-order valence-electron chi connectivity index (χ2n) is 5.08. The Bertz CT molecular complexity index is 492. The van der Waals surface area contributed by atoms with Crippen LogP contribution >= 0.6 is 0 Å². The first-order valence-corrected chi connectivity index (χ1v) is 5.34. The van der Waals surface area contributed by atoms with Gasteiger partial charge in [-0.2, -0.15) is 0 Å². The summed E-state index contributed by atoms with van der Waals surface area (Å²) >= 11 is 0. The van der Waals surface area contributed by atoms with E-state index in [1.165, 1.54) is 16.3 Å². The lowest BCUT2D eigenvalue weighted by Crippen LogP contribution is -2.10. The van der Waals surface area contributed by atoms with Crippen molar-refractivity contribution in [1.29, 1.82) is 0 Å². The summed E-state index contributed by atoms with van der Waals surface area (Å²) in [5.41, 5.74) is 2.69. The molecule has 2 rings (SSSR count). The van der Waals surface area contributed by atoms with Gasteiger partial charge >= 0.3 is 0 Å². The van der Waals surface area contributed by atoms with E-state index >= 15 is 0 Å². The number of rotatable bonds is 0. The lowest BCUT2D eigenvalue weighted by Gasteiger charge is -2.19. The standard InChI is InChI=1S/C14H17N/c1-10-13-6-5-12(14(2,3)4)9-11(13)7-8-15-10/h5-9H,1-4H3. The van der Waals surface area contributed by atoms with Gasteiger partial charge in [-0.05, 0) is 29.4 Å². The van der Waals surface area contributed by atoms with Crippen LogP contribution in [0.4, 0.5) is 0 Å². The lowest BCUT2D eigenvalue weighted by molar-refractivity contribution is 0.591. The Hall–Kier alpha value is -1.37. The Morgan fingerprint density at radius 3 is 2.47 bits per heavy atom. The summed E-state index contributed by atoms with van der Waals surface area (Å²) < 4.78 is 0. The van der Waals surface area contributed by atoms with Crippen molar-refractivity contribution in [2.24, 2.45) is 0 Å². The van der Waals surface area contributed by atoms with Crippen LogP contribution in [0.5, 0.6) is 0 Å². The van der Waals surface area contributed by atoms with Crippen molar-refractivity contribution in [3.63, 3.8) is 0 Å². The molecule has 1 heteroatoms. The average molecular weight is 199 g/mol. The minimum Gasteiger partial charge on any atom is -0.261 e. The number of aryl methyl sites for hydroxylation is 1. The zero-order valence-corrected chi connectivity index (χ0v) is 9.83. The largest absolute Gasteiger partial charge is 0.261 e. The molecule has 0 aliphatic heterocycles. The van der Waals surface area contributed by atoms with Crippen LogP contribution < -0.4 is 0 Å². The lowest BCUT2D eigenvalue weighted by atomic mass is 9.86. The van der Waals surface area contributed by atoms with Crippen LogP contribution in [0, 0.1) is 6.92 Å². The summed E-state index contributed by atoms with van der Waals surface area (Å²) in [4.78, 5) is 4.30. The molecule has 0 saturated carbocycles. The van der Waals surface area contributed by atoms with Crippen LogP contribution in [0.3, 0.4) is 0 Å². The van der Waals surface area contributed by atoms with Gasteiger partial charge in [-0.1, -0.05) is 39.0 Å². The number of hydrogen-bond acceptors (Lipinski definition) is 1. The van der Waals surface area contributed by atoms with E-state index in [4.69, 9.17) is 0 Å². The van der Waals surface area contributed by atoms with E-state index in [1.807, 2.05) is 6.20 Å². The third-order valence-electron chi connectivity index (χ3n) is 2.83. The van der Waals surface area contributed by atoms with Crippen LogP contribution in [-0.4, -0.2) is 4.98 Å². The highest BCUT2D eigenvalue weighted by Crippen LogP contribution is 2.26. The van der Waals surface area contributed by atoms with Gasteiger partial charge in [0.05, 0.1) is 0 Å². The Balaban J connectivity index is 2.68. The maximum Gasteiger partial charge on any atom is 0.0450 e. The van der Waals surface area contributed by atoms with Gasteiger partial charge in [-0.15, -0.1) is 0 Å².